The molecule has 0 bridgehead atoms. The molecule has 3 rings (SSSR count). The van der Waals surface area contributed by atoms with Crippen LogP contribution >= 0.6 is 0 Å². The van der Waals surface area contributed by atoms with Gasteiger partial charge in [-0.25, -0.2) is 19.3 Å². The van der Waals surface area contributed by atoms with Gasteiger partial charge in [-0.05, 0) is 19.1 Å². The number of para-hydroxylation sites is 1. The van der Waals surface area contributed by atoms with Gasteiger partial charge < -0.3 is 10.7 Å². The predicted octanol–water partition coefficient (Wildman–Crippen LogP) is -0.710. The highest BCUT2D eigenvalue weighted by atomic mass is 16.2. The molecule has 1 aromatic carbocycles. The molecule has 0 radical (unpaired) electrons. The summed E-state index contributed by atoms with van der Waals surface area (Å²) < 4.78 is 1.69. The van der Waals surface area contributed by atoms with E-state index in [1.807, 2.05) is 0 Å². The summed E-state index contributed by atoms with van der Waals surface area (Å²) in [6, 6.07) is 8.33. The van der Waals surface area contributed by atoms with Crippen LogP contribution in [0.1, 0.15) is 5.82 Å². The first kappa shape index (κ1) is 13.6. The molecule has 0 aliphatic carbocycles. The van der Waals surface area contributed by atoms with E-state index in [-0.39, 0.29) is 11.5 Å². The molecule has 0 aliphatic rings. The van der Waals surface area contributed by atoms with E-state index in [0.717, 1.165) is 9.25 Å². The number of rotatable bonds is 2. The fourth-order valence-corrected chi connectivity index (χ4v) is 2.16. The van der Waals surface area contributed by atoms with E-state index in [9.17, 15) is 14.4 Å². The predicted molar refractivity (Wildman–Crippen MR) is 79.6 cm³/mol. The molecule has 3 aromatic rings. The maximum absolute atomic E-state index is 12.4. The number of hydrogen-bond acceptors (Lipinski definition) is 5. The lowest BCUT2D eigenvalue weighted by molar-refractivity contribution is 0.803. The average molecular weight is 300 g/mol. The summed E-state index contributed by atoms with van der Waals surface area (Å²) in [5.41, 5.74) is 3.76. The van der Waals surface area contributed by atoms with Gasteiger partial charge in [-0.2, -0.15) is 9.67 Å². The monoisotopic (exact) mass is 300 g/mol. The second-order valence-corrected chi connectivity index (χ2v) is 4.60. The molecule has 0 saturated heterocycles. The van der Waals surface area contributed by atoms with Gasteiger partial charge in [-0.1, -0.05) is 18.2 Å². The minimum Gasteiger partial charge on any atom is -0.383 e. The smallest absolute Gasteiger partial charge is 0.356 e. The molecule has 9 nitrogen and oxygen atoms in total. The number of nitrogens with one attached hydrogen (secondary N) is 2. The van der Waals surface area contributed by atoms with Gasteiger partial charge in [0, 0.05) is 0 Å². The van der Waals surface area contributed by atoms with E-state index in [4.69, 9.17) is 5.73 Å². The molecule has 0 saturated carbocycles. The van der Waals surface area contributed by atoms with Crippen molar-refractivity contribution in [1.29, 1.82) is 0 Å². The quantitative estimate of drug-likeness (QED) is 0.575. The Morgan fingerprint density at radius 1 is 1.14 bits per heavy atom. The number of nitrogens with two attached hydrogens (primary N) is 1. The van der Waals surface area contributed by atoms with Crippen LogP contribution in [0.3, 0.4) is 0 Å². The summed E-state index contributed by atoms with van der Waals surface area (Å²) in [7, 11) is 0. The number of anilines is 1. The SMILES string of the molecule is Cc1nc(=O)c(-n2[nH]c(=O)n(-c3ccccc3)c2=O)c(N)[nH]1. The van der Waals surface area contributed by atoms with Gasteiger partial charge in [0.2, 0.25) is 0 Å². The van der Waals surface area contributed by atoms with Crippen molar-refractivity contribution in [1.82, 2.24) is 24.3 Å². The molecule has 0 aliphatic heterocycles. The van der Waals surface area contributed by atoms with Crippen molar-refractivity contribution >= 4 is 5.82 Å². The molecule has 22 heavy (non-hydrogen) atoms. The van der Waals surface area contributed by atoms with Crippen molar-refractivity contribution in [2.45, 2.75) is 6.92 Å². The Bertz CT molecular complexity index is 1010. The van der Waals surface area contributed by atoms with Crippen molar-refractivity contribution in [3.05, 3.63) is 67.5 Å². The van der Waals surface area contributed by atoms with Crippen molar-refractivity contribution in [2.75, 3.05) is 5.73 Å². The fraction of sp³-hybridized carbons (Fsp3) is 0.0769. The summed E-state index contributed by atoms with van der Waals surface area (Å²) in [6.07, 6.45) is 0. The summed E-state index contributed by atoms with van der Waals surface area (Å²) in [5, 5.41) is 2.30. The number of aryl methyl sites for hydroxylation is 1. The number of aromatic nitrogens is 5. The molecule has 0 fully saturated rings. The van der Waals surface area contributed by atoms with Crippen LogP contribution in [0.4, 0.5) is 5.82 Å². The van der Waals surface area contributed by atoms with Crippen molar-refractivity contribution in [2.24, 2.45) is 0 Å². The van der Waals surface area contributed by atoms with Crippen molar-refractivity contribution < 1.29 is 0 Å². The Morgan fingerprint density at radius 2 is 1.82 bits per heavy atom. The molecule has 0 spiro atoms. The Balaban J connectivity index is 2.31. The lowest BCUT2D eigenvalue weighted by Crippen LogP contribution is -2.30. The van der Waals surface area contributed by atoms with Gasteiger partial charge in [0.15, 0.2) is 5.69 Å². The molecule has 0 amide bonds. The van der Waals surface area contributed by atoms with Crippen LogP contribution in [0.25, 0.3) is 11.4 Å². The first-order valence-electron chi connectivity index (χ1n) is 6.35. The summed E-state index contributed by atoms with van der Waals surface area (Å²) in [6.45, 7) is 1.56. The number of aromatic amines is 2. The molecule has 9 heteroatoms. The number of benzene rings is 1. The van der Waals surface area contributed by atoms with Gasteiger partial charge in [-0.15, -0.1) is 0 Å². The van der Waals surface area contributed by atoms with Crippen LogP contribution in [0.2, 0.25) is 0 Å². The van der Waals surface area contributed by atoms with Crippen LogP contribution in [-0.2, 0) is 0 Å². The third-order valence-corrected chi connectivity index (χ3v) is 3.07. The van der Waals surface area contributed by atoms with Crippen LogP contribution in [0.15, 0.2) is 44.7 Å². The topological polar surface area (TPSA) is 132 Å². The molecule has 0 atom stereocenters. The maximum atomic E-state index is 12.4. The van der Waals surface area contributed by atoms with E-state index in [0.29, 0.717) is 11.5 Å². The number of H-pyrrole nitrogens is 2. The van der Waals surface area contributed by atoms with Gasteiger partial charge >= 0.3 is 16.9 Å². The first-order valence-corrected chi connectivity index (χ1v) is 6.35. The highest BCUT2D eigenvalue weighted by Crippen LogP contribution is 2.06. The molecule has 2 aromatic heterocycles. The van der Waals surface area contributed by atoms with E-state index >= 15 is 0 Å². The van der Waals surface area contributed by atoms with Crippen molar-refractivity contribution in [3.8, 4) is 11.4 Å². The average Bonchev–Trinajstić information content (AvgIpc) is 2.74. The second-order valence-electron chi connectivity index (χ2n) is 4.60. The Hall–Kier alpha value is -3.36. The fourth-order valence-electron chi connectivity index (χ4n) is 2.16. The van der Waals surface area contributed by atoms with Crippen LogP contribution in [0.5, 0.6) is 0 Å². The highest BCUT2D eigenvalue weighted by molar-refractivity contribution is 5.49. The van der Waals surface area contributed by atoms with Gasteiger partial charge in [-0.3, -0.25) is 4.79 Å². The normalized spacial score (nSPS) is 10.8. The van der Waals surface area contributed by atoms with E-state index in [1.165, 1.54) is 0 Å². The van der Waals surface area contributed by atoms with Gasteiger partial charge in [0.1, 0.15) is 11.6 Å². The molecule has 0 unspecified atom stereocenters. The largest absolute Gasteiger partial charge is 0.383 e. The zero-order chi connectivity index (χ0) is 15.9. The molecule has 112 valence electrons. The zero-order valence-electron chi connectivity index (χ0n) is 11.5. The summed E-state index contributed by atoms with van der Waals surface area (Å²) in [4.78, 5) is 42.8. The standard InChI is InChI=1S/C13H12N6O3/c1-7-15-10(14)9(11(20)16-7)19-13(22)18(12(21)17-19)8-5-3-2-4-6-8/h2-6H,1H3,(H,17,21)(H3,14,15,16,20). The highest BCUT2D eigenvalue weighted by Gasteiger charge is 2.17. The Labute approximate surface area is 122 Å². The third-order valence-electron chi connectivity index (χ3n) is 3.07. The molecular formula is C13H12N6O3. The van der Waals surface area contributed by atoms with Gasteiger partial charge in [0.05, 0.1) is 5.69 Å². The molecular weight excluding hydrogens is 288 g/mol. The first-order chi connectivity index (χ1) is 10.5. The summed E-state index contributed by atoms with van der Waals surface area (Å²) >= 11 is 0. The summed E-state index contributed by atoms with van der Waals surface area (Å²) in [5.74, 6) is 0.255. The lowest BCUT2D eigenvalue weighted by atomic mass is 10.3. The van der Waals surface area contributed by atoms with Crippen molar-refractivity contribution in [3.63, 3.8) is 0 Å². The number of hydrogen-bond donors (Lipinski definition) is 3. The Kier molecular flexibility index (Phi) is 3.02. The Morgan fingerprint density at radius 3 is 2.45 bits per heavy atom. The number of nitrogen functional groups attached to an aromatic ring is 1. The van der Waals surface area contributed by atoms with E-state index < -0.39 is 16.9 Å². The second kappa shape index (κ2) is 4.88. The van der Waals surface area contributed by atoms with E-state index in [2.05, 4.69) is 15.1 Å². The van der Waals surface area contributed by atoms with Gasteiger partial charge in [0.25, 0.3) is 0 Å². The lowest BCUT2D eigenvalue weighted by Gasteiger charge is -2.04. The molecule has 2 heterocycles. The maximum Gasteiger partial charge on any atom is 0.356 e. The van der Waals surface area contributed by atoms with Crippen LogP contribution < -0.4 is 22.7 Å². The molecule has 4 N–H and O–H groups in total. The van der Waals surface area contributed by atoms with Crippen LogP contribution in [0, 0.1) is 6.92 Å². The minimum atomic E-state index is -0.737. The van der Waals surface area contributed by atoms with Crippen LogP contribution in [-0.4, -0.2) is 24.3 Å². The van der Waals surface area contributed by atoms with E-state index in [1.54, 1.807) is 37.3 Å². The zero-order valence-corrected chi connectivity index (χ0v) is 11.5. The minimum absolute atomic E-state index is 0.0546. The number of nitrogens with zero attached hydrogens (tertiary/aromatic N) is 3. The third kappa shape index (κ3) is 2.04.